The van der Waals surface area contributed by atoms with Gasteiger partial charge in [-0.3, -0.25) is 5.41 Å². The van der Waals surface area contributed by atoms with Gasteiger partial charge in [-0.25, -0.2) is 4.98 Å². The standard InChI is InChI=1S/C12H17N3S/c1-8-6-9(12(13)14)7-11(15-8)16-10-4-2-3-5-10/h6-7,10H,2-5H2,1H3,(H3,13,14). The highest BCUT2D eigenvalue weighted by molar-refractivity contribution is 7.99. The summed E-state index contributed by atoms with van der Waals surface area (Å²) in [4.78, 5) is 4.49. The van der Waals surface area contributed by atoms with E-state index in [1.807, 2.05) is 30.8 Å². The van der Waals surface area contributed by atoms with E-state index in [-0.39, 0.29) is 5.84 Å². The molecule has 0 amide bonds. The fraction of sp³-hybridized carbons (Fsp3) is 0.500. The highest BCUT2D eigenvalue weighted by Gasteiger charge is 2.17. The Kier molecular flexibility index (Phi) is 3.49. The minimum atomic E-state index is 0.124. The molecule has 1 aromatic heterocycles. The first-order valence-corrected chi connectivity index (χ1v) is 6.53. The molecule has 86 valence electrons. The fourth-order valence-corrected chi connectivity index (χ4v) is 3.33. The van der Waals surface area contributed by atoms with Crippen LogP contribution in [-0.4, -0.2) is 16.1 Å². The van der Waals surface area contributed by atoms with Gasteiger partial charge in [0.05, 0.1) is 5.03 Å². The zero-order chi connectivity index (χ0) is 11.5. The number of aryl methyl sites for hydroxylation is 1. The number of nitrogens with two attached hydrogens (primary N) is 1. The quantitative estimate of drug-likeness (QED) is 0.625. The summed E-state index contributed by atoms with van der Waals surface area (Å²) in [5.74, 6) is 0.124. The summed E-state index contributed by atoms with van der Waals surface area (Å²) in [7, 11) is 0. The summed E-state index contributed by atoms with van der Waals surface area (Å²) in [5.41, 5.74) is 7.23. The van der Waals surface area contributed by atoms with Gasteiger partial charge in [0.1, 0.15) is 5.84 Å². The van der Waals surface area contributed by atoms with Crippen LogP contribution >= 0.6 is 11.8 Å². The molecule has 1 aliphatic rings. The van der Waals surface area contributed by atoms with Crippen LogP contribution in [0.4, 0.5) is 0 Å². The summed E-state index contributed by atoms with van der Waals surface area (Å²) in [6.45, 7) is 1.95. The van der Waals surface area contributed by atoms with E-state index >= 15 is 0 Å². The van der Waals surface area contributed by atoms with E-state index in [2.05, 4.69) is 4.98 Å². The Bertz CT molecular complexity index is 397. The van der Waals surface area contributed by atoms with Crippen LogP contribution in [0.3, 0.4) is 0 Å². The molecular formula is C12H17N3S. The van der Waals surface area contributed by atoms with Crippen molar-refractivity contribution in [2.24, 2.45) is 5.73 Å². The second kappa shape index (κ2) is 4.87. The Morgan fingerprint density at radius 2 is 2.12 bits per heavy atom. The van der Waals surface area contributed by atoms with Gasteiger partial charge in [-0.15, -0.1) is 11.8 Å². The Labute approximate surface area is 100 Å². The van der Waals surface area contributed by atoms with Crippen molar-refractivity contribution in [1.82, 2.24) is 4.98 Å². The van der Waals surface area contributed by atoms with Crippen LogP contribution < -0.4 is 5.73 Å². The number of thioether (sulfide) groups is 1. The number of nitrogens with one attached hydrogen (secondary N) is 1. The molecule has 1 aliphatic carbocycles. The lowest BCUT2D eigenvalue weighted by molar-refractivity contribution is 0.886. The maximum Gasteiger partial charge on any atom is 0.122 e. The average molecular weight is 235 g/mol. The number of nitrogens with zero attached hydrogens (tertiary/aromatic N) is 1. The first-order chi connectivity index (χ1) is 7.65. The second-order valence-corrected chi connectivity index (χ2v) is 5.59. The van der Waals surface area contributed by atoms with Crippen LogP contribution in [0.5, 0.6) is 0 Å². The third kappa shape index (κ3) is 2.76. The van der Waals surface area contributed by atoms with Crippen molar-refractivity contribution in [2.75, 3.05) is 0 Å². The SMILES string of the molecule is Cc1cc(C(=N)N)cc(SC2CCCC2)n1. The molecule has 1 heterocycles. The summed E-state index contributed by atoms with van der Waals surface area (Å²) >= 11 is 1.83. The number of nitrogen functional groups attached to an aromatic ring is 1. The fourth-order valence-electron chi connectivity index (χ4n) is 2.03. The normalized spacial score (nSPS) is 16.6. The van der Waals surface area contributed by atoms with Crippen LogP contribution in [0.1, 0.15) is 36.9 Å². The van der Waals surface area contributed by atoms with Crippen LogP contribution in [-0.2, 0) is 0 Å². The van der Waals surface area contributed by atoms with Gasteiger partial charge >= 0.3 is 0 Å². The Hall–Kier alpha value is -1.03. The molecule has 3 nitrogen and oxygen atoms in total. The van der Waals surface area contributed by atoms with Crippen LogP contribution in [0.25, 0.3) is 0 Å². The van der Waals surface area contributed by atoms with Gasteiger partial charge in [-0.2, -0.15) is 0 Å². The predicted molar refractivity (Wildman–Crippen MR) is 68.1 cm³/mol. The minimum Gasteiger partial charge on any atom is -0.384 e. The summed E-state index contributed by atoms with van der Waals surface area (Å²) in [6.07, 6.45) is 5.25. The van der Waals surface area contributed by atoms with Gasteiger partial charge in [0.25, 0.3) is 0 Å². The molecule has 16 heavy (non-hydrogen) atoms. The van der Waals surface area contributed by atoms with Gasteiger partial charge in [0.2, 0.25) is 0 Å². The number of pyridine rings is 1. The molecule has 0 radical (unpaired) electrons. The largest absolute Gasteiger partial charge is 0.384 e. The van der Waals surface area contributed by atoms with Crippen molar-refractivity contribution in [1.29, 1.82) is 5.41 Å². The lowest BCUT2D eigenvalue weighted by Crippen LogP contribution is -2.12. The van der Waals surface area contributed by atoms with E-state index < -0.39 is 0 Å². The molecule has 0 aromatic carbocycles. The van der Waals surface area contributed by atoms with Crippen molar-refractivity contribution >= 4 is 17.6 Å². The van der Waals surface area contributed by atoms with Crippen molar-refractivity contribution in [3.8, 4) is 0 Å². The smallest absolute Gasteiger partial charge is 0.122 e. The van der Waals surface area contributed by atoms with Gasteiger partial charge < -0.3 is 5.73 Å². The average Bonchev–Trinajstić information content (AvgIpc) is 2.69. The van der Waals surface area contributed by atoms with Crippen molar-refractivity contribution in [3.63, 3.8) is 0 Å². The van der Waals surface area contributed by atoms with Gasteiger partial charge in [-0.05, 0) is 31.9 Å². The molecule has 4 heteroatoms. The van der Waals surface area contributed by atoms with Crippen molar-refractivity contribution < 1.29 is 0 Å². The first-order valence-electron chi connectivity index (χ1n) is 5.65. The Morgan fingerprint density at radius 3 is 2.75 bits per heavy atom. The maximum absolute atomic E-state index is 7.45. The topological polar surface area (TPSA) is 62.8 Å². The summed E-state index contributed by atoms with van der Waals surface area (Å²) < 4.78 is 0. The second-order valence-electron chi connectivity index (χ2n) is 4.27. The lowest BCUT2D eigenvalue weighted by Gasteiger charge is -2.09. The monoisotopic (exact) mass is 235 g/mol. The van der Waals surface area contributed by atoms with E-state index in [1.54, 1.807) is 0 Å². The van der Waals surface area contributed by atoms with E-state index in [0.29, 0.717) is 5.25 Å². The third-order valence-electron chi connectivity index (χ3n) is 2.83. The highest BCUT2D eigenvalue weighted by Crippen LogP contribution is 2.34. The molecule has 2 rings (SSSR count). The van der Waals surface area contributed by atoms with Crippen LogP contribution in [0.2, 0.25) is 0 Å². The molecule has 0 aliphatic heterocycles. The molecule has 0 unspecified atom stereocenters. The number of amidine groups is 1. The molecule has 1 saturated carbocycles. The van der Waals surface area contributed by atoms with Crippen LogP contribution in [0, 0.1) is 12.3 Å². The maximum atomic E-state index is 7.45. The van der Waals surface area contributed by atoms with Gasteiger partial charge in [0, 0.05) is 16.5 Å². The molecule has 0 saturated heterocycles. The predicted octanol–water partition coefficient (Wildman–Crippen LogP) is 2.71. The number of aromatic nitrogens is 1. The zero-order valence-corrected chi connectivity index (χ0v) is 10.3. The summed E-state index contributed by atoms with van der Waals surface area (Å²) in [6, 6.07) is 3.79. The van der Waals surface area contributed by atoms with E-state index in [0.717, 1.165) is 16.3 Å². The molecule has 0 atom stereocenters. The van der Waals surface area contributed by atoms with Crippen molar-refractivity contribution in [3.05, 3.63) is 23.4 Å². The molecule has 1 aromatic rings. The lowest BCUT2D eigenvalue weighted by atomic mass is 10.2. The number of hydrogen-bond acceptors (Lipinski definition) is 3. The molecule has 3 N–H and O–H groups in total. The molecular weight excluding hydrogens is 218 g/mol. The Balaban J connectivity index is 2.16. The van der Waals surface area contributed by atoms with Crippen LogP contribution in [0.15, 0.2) is 17.2 Å². The minimum absolute atomic E-state index is 0.124. The third-order valence-corrected chi connectivity index (χ3v) is 4.09. The molecule has 0 spiro atoms. The zero-order valence-electron chi connectivity index (χ0n) is 9.49. The first kappa shape index (κ1) is 11.5. The number of rotatable bonds is 3. The van der Waals surface area contributed by atoms with E-state index in [1.165, 1.54) is 25.7 Å². The van der Waals surface area contributed by atoms with E-state index in [9.17, 15) is 0 Å². The van der Waals surface area contributed by atoms with Gasteiger partial charge in [0.15, 0.2) is 0 Å². The van der Waals surface area contributed by atoms with Crippen molar-refractivity contribution in [2.45, 2.75) is 42.9 Å². The molecule has 1 fully saturated rings. The van der Waals surface area contributed by atoms with Gasteiger partial charge in [-0.1, -0.05) is 12.8 Å². The summed E-state index contributed by atoms with van der Waals surface area (Å²) in [5, 5.41) is 9.17. The Morgan fingerprint density at radius 1 is 1.44 bits per heavy atom. The number of hydrogen-bond donors (Lipinski definition) is 2. The van der Waals surface area contributed by atoms with E-state index in [4.69, 9.17) is 11.1 Å². The highest BCUT2D eigenvalue weighted by atomic mass is 32.2. The molecule has 0 bridgehead atoms.